The summed E-state index contributed by atoms with van der Waals surface area (Å²) < 4.78 is 14.6. The van der Waals surface area contributed by atoms with E-state index >= 15 is 0 Å². The van der Waals surface area contributed by atoms with E-state index in [-0.39, 0.29) is 22.2 Å². The van der Waals surface area contributed by atoms with E-state index in [1.54, 1.807) is 72.8 Å². The van der Waals surface area contributed by atoms with Crippen LogP contribution in [0.2, 0.25) is 10.0 Å². The topological polar surface area (TPSA) is 87.3 Å². The molecule has 6 nitrogen and oxygen atoms in total. The van der Waals surface area contributed by atoms with Crippen LogP contribution in [-0.2, 0) is 9.59 Å². The molecule has 0 spiro atoms. The quantitative estimate of drug-likeness (QED) is 0.123. The molecule has 3 N–H and O–H groups in total. The second-order valence-electron chi connectivity index (χ2n) is 9.01. The molecule has 214 valence electrons. The van der Waals surface area contributed by atoms with Gasteiger partial charge < -0.3 is 16.0 Å². The van der Waals surface area contributed by atoms with Crippen molar-refractivity contribution in [3.63, 3.8) is 0 Å². The van der Waals surface area contributed by atoms with E-state index < -0.39 is 22.9 Å². The lowest BCUT2D eigenvalue weighted by Crippen LogP contribution is -2.30. The van der Waals surface area contributed by atoms with Crippen molar-refractivity contribution in [2.45, 2.75) is 23.5 Å². The van der Waals surface area contributed by atoms with Gasteiger partial charge in [0.1, 0.15) is 11.5 Å². The molecule has 0 aliphatic heterocycles. The lowest BCUT2D eigenvalue weighted by atomic mass is 10.1. The number of carbonyl (C=O) groups is 3. The van der Waals surface area contributed by atoms with Crippen molar-refractivity contribution in [2.24, 2.45) is 0 Å². The smallest absolute Gasteiger partial charge is 0.272 e. The highest BCUT2D eigenvalue weighted by Crippen LogP contribution is 2.29. The Balaban J connectivity index is 1.53. The first-order valence-corrected chi connectivity index (χ1v) is 14.5. The highest BCUT2D eigenvalue weighted by molar-refractivity contribution is 8.00. The van der Waals surface area contributed by atoms with Gasteiger partial charge in [0.2, 0.25) is 5.91 Å². The van der Waals surface area contributed by atoms with Gasteiger partial charge in [0.05, 0.1) is 10.3 Å². The van der Waals surface area contributed by atoms with Gasteiger partial charge >= 0.3 is 0 Å². The predicted molar refractivity (Wildman–Crippen MR) is 168 cm³/mol. The van der Waals surface area contributed by atoms with Gasteiger partial charge in [-0.15, -0.1) is 11.8 Å². The van der Waals surface area contributed by atoms with Crippen molar-refractivity contribution in [3.8, 4) is 0 Å². The zero-order valence-electron chi connectivity index (χ0n) is 22.4. The minimum absolute atomic E-state index is 0.0431. The average Bonchev–Trinajstić information content (AvgIpc) is 2.97. The van der Waals surface area contributed by atoms with E-state index in [2.05, 4.69) is 16.0 Å². The largest absolute Gasteiger partial charge is 0.325 e. The van der Waals surface area contributed by atoms with E-state index in [1.807, 2.05) is 13.0 Å². The maximum absolute atomic E-state index is 14.6. The van der Waals surface area contributed by atoms with Gasteiger partial charge in [-0.05, 0) is 73.2 Å². The molecule has 0 aliphatic rings. The summed E-state index contributed by atoms with van der Waals surface area (Å²) in [6, 6.07) is 26.3. The fourth-order valence-electron chi connectivity index (χ4n) is 3.86. The Hall–Kier alpha value is -4.11. The molecule has 0 radical (unpaired) electrons. The van der Waals surface area contributed by atoms with Crippen LogP contribution < -0.4 is 16.0 Å². The lowest BCUT2D eigenvalue weighted by Gasteiger charge is -2.16. The molecule has 0 saturated heterocycles. The van der Waals surface area contributed by atoms with Gasteiger partial charge in [0.25, 0.3) is 11.8 Å². The summed E-state index contributed by atoms with van der Waals surface area (Å²) in [6.45, 7) is 1.90. The van der Waals surface area contributed by atoms with E-state index in [0.717, 1.165) is 4.90 Å². The molecule has 4 rings (SSSR count). The van der Waals surface area contributed by atoms with E-state index in [9.17, 15) is 18.8 Å². The zero-order valence-corrected chi connectivity index (χ0v) is 24.7. The molecule has 0 aromatic heterocycles. The molecule has 4 aromatic rings. The summed E-state index contributed by atoms with van der Waals surface area (Å²) in [7, 11) is 0. The molecule has 0 bridgehead atoms. The molecule has 4 aromatic carbocycles. The van der Waals surface area contributed by atoms with Crippen LogP contribution in [0.3, 0.4) is 0 Å². The van der Waals surface area contributed by atoms with Crippen LogP contribution >= 0.6 is 35.0 Å². The van der Waals surface area contributed by atoms with Crippen LogP contribution in [0.4, 0.5) is 15.8 Å². The standard InChI is InChI=1S/C32H26Cl2FN3O3S/c1-2-29(32(41)37-22-12-6-11-21(33)17-22)42-24-14-7-13-23(18-24)36-31(40)28(19-25-26(34)15-8-16-27(25)35)38-30(39)20-9-4-3-5-10-20/h3-19,29H,2H2,1H3,(H,36,40)(H,37,41)(H,38,39)/b28-19+. The normalized spacial score (nSPS) is 11.9. The first kappa shape index (κ1) is 30.8. The Labute approximate surface area is 257 Å². The number of nitrogens with one attached hydrogen (secondary N) is 3. The first-order chi connectivity index (χ1) is 20.2. The predicted octanol–water partition coefficient (Wildman–Crippen LogP) is 8.05. The second kappa shape index (κ2) is 14.7. The van der Waals surface area contributed by atoms with E-state index in [1.165, 1.54) is 36.0 Å². The van der Waals surface area contributed by atoms with E-state index in [4.69, 9.17) is 23.2 Å². The first-order valence-electron chi connectivity index (χ1n) is 12.9. The highest BCUT2D eigenvalue weighted by atomic mass is 35.5. The molecule has 10 heteroatoms. The average molecular weight is 623 g/mol. The van der Waals surface area contributed by atoms with Crippen LogP contribution in [-0.4, -0.2) is 23.0 Å². The third-order valence-corrected chi connectivity index (χ3v) is 7.87. The van der Waals surface area contributed by atoms with Crippen molar-refractivity contribution < 1.29 is 18.8 Å². The van der Waals surface area contributed by atoms with Crippen molar-refractivity contribution in [3.05, 3.63) is 130 Å². The molecule has 1 unspecified atom stereocenters. The minimum atomic E-state index is -0.688. The van der Waals surface area contributed by atoms with Gasteiger partial charge in [-0.1, -0.05) is 66.5 Å². The molecule has 3 amide bonds. The highest BCUT2D eigenvalue weighted by Gasteiger charge is 2.20. The number of anilines is 2. The SMILES string of the molecule is CCC(Sc1cccc(NC(=O)/C(=C\c2c(F)cccc2Cl)NC(=O)c2ccccc2)c1)C(=O)Nc1cccc(Cl)c1. The lowest BCUT2D eigenvalue weighted by molar-refractivity contribution is -0.116. The van der Waals surface area contributed by atoms with Crippen LogP contribution in [0, 0.1) is 5.82 Å². The maximum Gasteiger partial charge on any atom is 0.272 e. The molecule has 1 atom stereocenters. The molecular weight excluding hydrogens is 596 g/mol. The summed E-state index contributed by atoms with van der Waals surface area (Å²) >= 11 is 13.6. The Bertz CT molecular complexity index is 1610. The van der Waals surface area contributed by atoms with Crippen LogP contribution in [0.15, 0.2) is 108 Å². The summed E-state index contributed by atoms with van der Waals surface area (Å²) in [5.41, 5.74) is 1.07. The Morgan fingerprint density at radius 2 is 1.55 bits per heavy atom. The number of rotatable bonds is 10. The van der Waals surface area contributed by atoms with Gasteiger partial charge in [0.15, 0.2) is 0 Å². The van der Waals surface area contributed by atoms with Crippen LogP contribution in [0.1, 0.15) is 29.3 Å². The summed E-state index contributed by atoms with van der Waals surface area (Å²) in [5, 5.41) is 8.37. The van der Waals surface area contributed by atoms with Crippen LogP contribution in [0.25, 0.3) is 6.08 Å². The number of benzene rings is 4. The monoisotopic (exact) mass is 621 g/mol. The third-order valence-electron chi connectivity index (χ3n) is 5.94. The number of halogens is 3. The number of hydrogen-bond donors (Lipinski definition) is 3. The minimum Gasteiger partial charge on any atom is -0.325 e. The third kappa shape index (κ3) is 8.45. The molecular formula is C32H26Cl2FN3O3S. The number of thioether (sulfide) groups is 1. The number of hydrogen-bond acceptors (Lipinski definition) is 4. The summed E-state index contributed by atoms with van der Waals surface area (Å²) in [6.07, 6.45) is 1.75. The van der Waals surface area contributed by atoms with Crippen LogP contribution in [0.5, 0.6) is 0 Å². The molecule has 0 fully saturated rings. The summed E-state index contributed by atoms with van der Waals surface area (Å²) in [5.74, 6) is -2.08. The molecule has 0 saturated carbocycles. The number of amides is 3. The van der Waals surface area contributed by atoms with Gasteiger partial charge in [0, 0.05) is 32.4 Å². The van der Waals surface area contributed by atoms with Crippen molar-refractivity contribution >= 4 is 70.1 Å². The maximum atomic E-state index is 14.6. The van der Waals surface area contributed by atoms with Gasteiger partial charge in [-0.2, -0.15) is 0 Å². The van der Waals surface area contributed by atoms with E-state index in [0.29, 0.717) is 28.4 Å². The van der Waals surface area contributed by atoms with Crippen molar-refractivity contribution in [1.82, 2.24) is 5.32 Å². The van der Waals surface area contributed by atoms with Gasteiger partial charge in [-0.3, -0.25) is 14.4 Å². The zero-order chi connectivity index (χ0) is 30.1. The Morgan fingerprint density at radius 3 is 2.24 bits per heavy atom. The fourth-order valence-corrected chi connectivity index (χ4v) is 5.28. The van der Waals surface area contributed by atoms with Crippen molar-refractivity contribution in [1.29, 1.82) is 0 Å². The van der Waals surface area contributed by atoms with Crippen molar-refractivity contribution in [2.75, 3.05) is 10.6 Å². The molecule has 42 heavy (non-hydrogen) atoms. The Morgan fingerprint density at radius 1 is 0.857 bits per heavy atom. The second-order valence-corrected chi connectivity index (χ2v) is 11.1. The summed E-state index contributed by atoms with van der Waals surface area (Å²) in [4.78, 5) is 39.9. The fraction of sp³-hybridized carbons (Fsp3) is 0.0938. The Kier molecular flexibility index (Phi) is 10.8. The van der Waals surface area contributed by atoms with Gasteiger partial charge in [-0.25, -0.2) is 4.39 Å². The molecule has 0 aliphatic carbocycles. The molecule has 0 heterocycles. The number of carbonyl (C=O) groups excluding carboxylic acids is 3.